The molecule has 2 aromatic rings. The fourth-order valence-corrected chi connectivity index (χ4v) is 3.94. The van der Waals surface area contributed by atoms with Crippen LogP contribution in [0.4, 0.5) is 0 Å². The van der Waals surface area contributed by atoms with Gasteiger partial charge in [0.2, 0.25) is 10.0 Å². The second-order valence-electron chi connectivity index (χ2n) is 5.13. The zero-order valence-corrected chi connectivity index (χ0v) is 12.5. The van der Waals surface area contributed by atoms with Crippen molar-refractivity contribution >= 4 is 10.0 Å². The van der Waals surface area contributed by atoms with E-state index in [0.717, 1.165) is 25.7 Å². The zero-order valence-electron chi connectivity index (χ0n) is 11.7. The molecule has 1 aliphatic heterocycles. The SMILES string of the molecule is O=S(=O)(c1cnn(-c2ccccn2)c1)N1CCCCCC1. The summed E-state index contributed by atoms with van der Waals surface area (Å²) in [6, 6.07) is 5.43. The van der Waals surface area contributed by atoms with E-state index in [1.807, 2.05) is 12.1 Å². The maximum Gasteiger partial charge on any atom is 0.246 e. The summed E-state index contributed by atoms with van der Waals surface area (Å²) in [6.45, 7) is 1.19. The van der Waals surface area contributed by atoms with Gasteiger partial charge in [-0.1, -0.05) is 18.9 Å². The molecule has 6 nitrogen and oxygen atoms in total. The Hall–Kier alpha value is -1.73. The average Bonchev–Trinajstić information content (AvgIpc) is 2.84. The van der Waals surface area contributed by atoms with E-state index in [2.05, 4.69) is 10.1 Å². The van der Waals surface area contributed by atoms with Crippen LogP contribution in [0.5, 0.6) is 0 Å². The van der Waals surface area contributed by atoms with Crippen LogP contribution in [0.1, 0.15) is 25.7 Å². The quantitative estimate of drug-likeness (QED) is 0.867. The molecular weight excluding hydrogens is 288 g/mol. The van der Waals surface area contributed by atoms with Crippen molar-refractivity contribution in [1.82, 2.24) is 19.1 Å². The predicted molar refractivity (Wildman–Crippen MR) is 78.6 cm³/mol. The van der Waals surface area contributed by atoms with Gasteiger partial charge in [0.25, 0.3) is 0 Å². The lowest BCUT2D eigenvalue weighted by Gasteiger charge is -2.18. The summed E-state index contributed by atoms with van der Waals surface area (Å²) in [5, 5.41) is 4.12. The van der Waals surface area contributed by atoms with Crippen molar-refractivity contribution in [2.45, 2.75) is 30.6 Å². The third-order valence-corrected chi connectivity index (χ3v) is 5.50. The average molecular weight is 306 g/mol. The van der Waals surface area contributed by atoms with Crippen LogP contribution in [-0.2, 0) is 10.0 Å². The fraction of sp³-hybridized carbons (Fsp3) is 0.429. The maximum absolute atomic E-state index is 12.6. The lowest BCUT2D eigenvalue weighted by molar-refractivity contribution is 0.423. The van der Waals surface area contributed by atoms with Crippen molar-refractivity contribution in [3.05, 3.63) is 36.8 Å². The summed E-state index contributed by atoms with van der Waals surface area (Å²) in [6.07, 6.45) is 8.62. The van der Waals surface area contributed by atoms with Crippen LogP contribution in [0.15, 0.2) is 41.7 Å². The molecule has 1 aliphatic rings. The van der Waals surface area contributed by atoms with Crippen molar-refractivity contribution in [2.75, 3.05) is 13.1 Å². The van der Waals surface area contributed by atoms with Crippen LogP contribution >= 0.6 is 0 Å². The first kappa shape index (κ1) is 14.2. The second kappa shape index (κ2) is 5.95. The molecule has 112 valence electrons. The Balaban J connectivity index is 1.88. The van der Waals surface area contributed by atoms with E-state index in [0.29, 0.717) is 18.9 Å². The number of rotatable bonds is 3. The van der Waals surface area contributed by atoms with Crippen LogP contribution in [-0.4, -0.2) is 40.6 Å². The van der Waals surface area contributed by atoms with Crippen LogP contribution in [0, 0.1) is 0 Å². The zero-order chi connectivity index (χ0) is 14.7. The van der Waals surface area contributed by atoms with Crippen LogP contribution in [0.25, 0.3) is 5.82 Å². The maximum atomic E-state index is 12.6. The molecule has 21 heavy (non-hydrogen) atoms. The van der Waals surface area contributed by atoms with E-state index in [4.69, 9.17) is 0 Å². The molecule has 0 radical (unpaired) electrons. The van der Waals surface area contributed by atoms with E-state index in [-0.39, 0.29) is 4.90 Å². The molecule has 1 fully saturated rings. The smallest absolute Gasteiger partial charge is 0.237 e. The first-order valence-electron chi connectivity index (χ1n) is 7.14. The summed E-state index contributed by atoms with van der Waals surface area (Å²) in [5.74, 6) is 0.606. The van der Waals surface area contributed by atoms with E-state index in [1.165, 1.54) is 17.1 Å². The number of hydrogen-bond acceptors (Lipinski definition) is 4. The van der Waals surface area contributed by atoms with Crippen molar-refractivity contribution in [2.24, 2.45) is 0 Å². The van der Waals surface area contributed by atoms with E-state index in [9.17, 15) is 8.42 Å². The Morgan fingerprint density at radius 2 is 1.81 bits per heavy atom. The Labute approximate surface area is 124 Å². The lowest BCUT2D eigenvalue weighted by atomic mass is 10.2. The van der Waals surface area contributed by atoms with Gasteiger partial charge in [-0.05, 0) is 25.0 Å². The minimum absolute atomic E-state index is 0.232. The second-order valence-corrected chi connectivity index (χ2v) is 7.06. The normalized spacial score (nSPS) is 17.5. The third-order valence-electron chi connectivity index (χ3n) is 3.65. The van der Waals surface area contributed by atoms with Crippen LogP contribution < -0.4 is 0 Å². The molecule has 0 saturated carbocycles. The summed E-state index contributed by atoms with van der Waals surface area (Å²) in [7, 11) is -3.45. The summed E-state index contributed by atoms with van der Waals surface area (Å²) >= 11 is 0. The minimum Gasteiger partial charge on any atom is -0.237 e. The molecule has 0 aliphatic carbocycles. The fourth-order valence-electron chi connectivity index (χ4n) is 2.49. The molecule has 0 aromatic carbocycles. The molecule has 0 spiro atoms. The summed E-state index contributed by atoms with van der Waals surface area (Å²) in [5.41, 5.74) is 0. The first-order valence-corrected chi connectivity index (χ1v) is 8.58. The molecule has 7 heteroatoms. The third kappa shape index (κ3) is 2.98. The van der Waals surface area contributed by atoms with E-state index >= 15 is 0 Å². The van der Waals surface area contributed by atoms with Gasteiger partial charge in [-0.25, -0.2) is 18.1 Å². The number of nitrogens with zero attached hydrogens (tertiary/aromatic N) is 4. The van der Waals surface area contributed by atoms with Crippen molar-refractivity contribution in [1.29, 1.82) is 0 Å². The lowest BCUT2D eigenvalue weighted by Crippen LogP contribution is -2.31. The predicted octanol–water partition coefficient (Wildman–Crippen LogP) is 1.83. The highest BCUT2D eigenvalue weighted by molar-refractivity contribution is 7.89. The van der Waals surface area contributed by atoms with Gasteiger partial charge in [-0.2, -0.15) is 9.40 Å². The molecule has 0 N–H and O–H groups in total. The standard InChI is InChI=1S/C14H18N4O2S/c19-21(20,17-9-5-1-2-6-10-17)13-11-16-18(12-13)14-7-3-4-8-15-14/h3-4,7-8,11-12H,1-2,5-6,9-10H2. The Bertz CT molecular complexity index is 689. The number of aromatic nitrogens is 3. The first-order chi connectivity index (χ1) is 10.2. The highest BCUT2D eigenvalue weighted by Crippen LogP contribution is 2.20. The number of pyridine rings is 1. The van der Waals surface area contributed by atoms with Gasteiger partial charge in [-0.15, -0.1) is 0 Å². The van der Waals surface area contributed by atoms with Gasteiger partial charge in [-0.3, -0.25) is 0 Å². The van der Waals surface area contributed by atoms with Crippen molar-refractivity contribution in [3.63, 3.8) is 0 Å². The highest BCUT2D eigenvalue weighted by atomic mass is 32.2. The van der Waals surface area contributed by atoms with Gasteiger partial charge in [0.1, 0.15) is 4.90 Å². The molecule has 3 rings (SSSR count). The van der Waals surface area contributed by atoms with Crippen molar-refractivity contribution < 1.29 is 8.42 Å². The van der Waals surface area contributed by atoms with Gasteiger partial charge in [0.15, 0.2) is 5.82 Å². The molecule has 0 bridgehead atoms. The number of hydrogen-bond donors (Lipinski definition) is 0. The van der Waals surface area contributed by atoms with E-state index in [1.54, 1.807) is 16.6 Å². The van der Waals surface area contributed by atoms with Crippen LogP contribution in [0.2, 0.25) is 0 Å². The number of sulfonamides is 1. The molecule has 1 saturated heterocycles. The minimum atomic E-state index is -3.45. The Kier molecular flexibility index (Phi) is 4.03. The van der Waals surface area contributed by atoms with E-state index < -0.39 is 10.0 Å². The molecule has 0 atom stereocenters. The molecular formula is C14H18N4O2S. The Morgan fingerprint density at radius 1 is 1.05 bits per heavy atom. The topological polar surface area (TPSA) is 68.1 Å². The summed E-state index contributed by atoms with van der Waals surface area (Å²) in [4.78, 5) is 4.40. The summed E-state index contributed by atoms with van der Waals surface area (Å²) < 4.78 is 28.3. The van der Waals surface area contributed by atoms with Crippen LogP contribution in [0.3, 0.4) is 0 Å². The monoisotopic (exact) mass is 306 g/mol. The molecule has 0 unspecified atom stereocenters. The molecule has 0 amide bonds. The van der Waals surface area contributed by atoms with Gasteiger partial charge in [0.05, 0.1) is 12.4 Å². The molecule has 3 heterocycles. The van der Waals surface area contributed by atoms with Crippen molar-refractivity contribution in [3.8, 4) is 5.82 Å². The largest absolute Gasteiger partial charge is 0.246 e. The van der Waals surface area contributed by atoms with Gasteiger partial charge >= 0.3 is 0 Å². The van der Waals surface area contributed by atoms with Gasteiger partial charge < -0.3 is 0 Å². The van der Waals surface area contributed by atoms with Gasteiger partial charge in [0, 0.05) is 19.3 Å². The highest BCUT2D eigenvalue weighted by Gasteiger charge is 2.26. The molecule has 2 aromatic heterocycles. The Morgan fingerprint density at radius 3 is 2.48 bits per heavy atom.